The third kappa shape index (κ3) is 6.12. The highest BCUT2D eigenvalue weighted by molar-refractivity contribution is 6.30. The molecule has 25 heavy (non-hydrogen) atoms. The average Bonchev–Trinajstić information content (AvgIpc) is 2.53. The summed E-state index contributed by atoms with van der Waals surface area (Å²) in [7, 11) is 0. The van der Waals surface area contributed by atoms with Crippen molar-refractivity contribution in [2.45, 2.75) is 26.9 Å². The van der Waals surface area contributed by atoms with Gasteiger partial charge in [-0.25, -0.2) is 4.79 Å². The molecule has 0 heterocycles. The van der Waals surface area contributed by atoms with Crippen LogP contribution >= 0.6 is 11.6 Å². The molecule has 0 saturated heterocycles. The van der Waals surface area contributed by atoms with Crippen LogP contribution in [0, 0.1) is 13.8 Å². The molecule has 0 radical (unpaired) electrons. The summed E-state index contributed by atoms with van der Waals surface area (Å²) >= 11 is 5.79. The number of nitrogens with one attached hydrogen (secondary N) is 1. The number of carbonyl (C=O) groups is 2. The van der Waals surface area contributed by atoms with Gasteiger partial charge in [-0.1, -0.05) is 17.7 Å². The topological polar surface area (TPSA) is 64.6 Å². The van der Waals surface area contributed by atoms with Crippen LogP contribution in [0.15, 0.2) is 42.5 Å². The number of amides is 1. The molecule has 0 unspecified atom stereocenters. The predicted octanol–water partition coefficient (Wildman–Crippen LogP) is 3.91. The molecule has 0 bridgehead atoms. The number of carbonyl (C=O) groups excluding carboxylic acids is 2. The molecule has 2 aromatic rings. The zero-order chi connectivity index (χ0) is 18.4. The third-order valence-electron chi connectivity index (χ3n) is 3.31. The van der Waals surface area contributed by atoms with Crippen LogP contribution in [-0.4, -0.2) is 24.6 Å². The maximum Gasteiger partial charge on any atom is 0.347 e. The Balaban J connectivity index is 1.81. The largest absolute Gasteiger partial charge is 0.479 e. The van der Waals surface area contributed by atoms with Crippen molar-refractivity contribution in [3.8, 4) is 5.75 Å². The van der Waals surface area contributed by atoms with Crippen LogP contribution in [0.5, 0.6) is 5.75 Å². The van der Waals surface area contributed by atoms with Crippen LogP contribution in [0.25, 0.3) is 0 Å². The van der Waals surface area contributed by atoms with Crippen molar-refractivity contribution in [1.82, 2.24) is 0 Å². The summed E-state index contributed by atoms with van der Waals surface area (Å²) in [6.07, 6.45) is -0.838. The molecule has 1 atom stereocenters. The van der Waals surface area contributed by atoms with Crippen LogP contribution in [0.2, 0.25) is 5.02 Å². The molecule has 0 fully saturated rings. The van der Waals surface area contributed by atoms with Gasteiger partial charge in [-0.2, -0.15) is 0 Å². The van der Waals surface area contributed by atoms with E-state index in [1.807, 2.05) is 32.0 Å². The van der Waals surface area contributed by atoms with Crippen molar-refractivity contribution >= 4 is 29.2 Å². The molecule has 2 aromatic carbocycles. The Bertz CT molecular complexity index is 738. The van der Waals surface area contributed by atoms with Crippen molar-refractivity contribution < 1.29 is 19.1 Å². The van der Waals surface area contributed by atoms with E-state index in [0.29, 0.717) is 16.5 Å². The van der Waals surface area contributed by atoms with E-state index >= 15 is 0 Å². The lowest BCUT2D eigenvalue weighted by Crippen LogP contribution is -2.29. The van der Waals surface area contributed by atoms with Gasteiger partial charge < -0.3 is 14.8 Å². The van der Waals surface area contributed by atoms with Gasteiger partial charge in [-0.15, -0.1) is 0 Å². The first-order chi connectivity index (χ1) is 11.8. The number of hydrogen-bond acceptors (Lipinski definition) is 4. The Kier molecular flexibility index (Phi) is 6.42. The quantitative estimate of drug-likeness (QED) is 0.792. The monoisotopic (exact) mass is 361 g/mol. The fraction of sp³-hybridized carbons (Fsp3) is 0.263. The first kappa shape index (κ1) is 18.8. The molecular weight excluding hydrogens is 342 g/mol. The second-order valence-electron chi connectivity index (χ2n) is 5.75. The molecule has 1 amide bonds. The molecule has 0 aliphatic heterocycles. The third-order valence-corrected chi connectivity index (χ3v) is 3.56. The van der Waals surface area contributed by atoms with Crippen LogP contribution < -0.4 is 10.1 Å². The van der Waals surface area contributed by atoms with E-state index in [1.54, 1.807) is 31.2 Å². The molecule has 6 heteroatoms. The summed E-state index contributed by atoms with van der Waals surface area (Å²) in [5.74, 6) is -0.531. The van der Waals surface area contributed by atoms with E-state index in [-0.39, 0.29) is 6.61 Å². The molecule has 2 rings (SSSR count). The van der Waals surface area contributed by atoms with Crippen LogP contribution in [0.1, 0.15) is 18.1 Å². The number of anilines is 1. The van der Waals surface area contributed by atoms with E-state index in [9.17, 15) is 9.59 Å². The summed E-state index contributed by atoms with van der Waals surface area (Å²) in [5.41, 5.74) is 2.75. The van der Waals surface area contributed by atoms with Gasteiger partial charge in [0.1, 0.15) is 5.75 Å². The molecule has 0 aromatic heterocycles. The average molecular weight is 362 g/mol. The van der Waals surface area contributed by atoms with E-state index in [4.69, 9.17) is 21.1 Å². The maximum absolute atomic E-state index is 11.9. The fourth-order valence-corrected chi connectivity index (χ4v) is 2.39. The molecule has 0 aliphatic carbocycles. The number of esters is 1. The fourth-order valence-electron chi connectivity index (χ4n) is 2.26. The van der Waals surface area contributed by atoms with E-state index in [0.717, 1.165) is 11.1 Å². The lowest BCUT2D eigenvalue weighted by molar-refractivity contribution is -0.153. The number of ether oxygens (including phenoxy) is 2. The predicted molar refractivity (Wildman–Crippen MR) is 97.0 cm³/mol. The number of benzene rings is 2. The molecule has 5 nitrogen and oxygen atoms in total. The molecule has 132 valence electrons. The van der Waals surface area contributed by atoms with Gasteiger partial charge in [0.25, 0.3) is 5.91 Å². The van der Waals surface area contributed by atoms with Crippen molar-refractivity contribution in [3.63, 3.8) is 0 Å². The zero-order valence-electron chi connectivity index (χ0n) is 14.3. The Morgan fingerprint density at radius 2 is 1.68 bits per heavy atom. The summed E-state index contributed by atoms with van der Waals surface area (Å²) in [5, 5.41) is 3.28. The number of rotatable bonds is 6. The smallest absolute Gasteiger partial charge is 0.347 e. The minimum absolute atomic E-state index is 0.375. The van der Waals surface area contributed by atoms with Crippen molar-refractivity contribution in [1.29, 1.82) is 0 Å². The highest BCUT2D eigenvalue weighted by Gasteiger charge is 2.18. The Morgan fingerprint density at radius 3 is 2.28 bits per heavy atom. The van der Waals surface area contributed by atoms with Gasteiger partial charge >= 0.3 is 5.97 Å². The lowest BCUT2D eigenvalue weighted by Gasteiger charge is -2.14. The number of hydrogen-bond donors (Lipinski definition) is 1. The van der Waals surface area contributed by atoms with Gasteiger partial charge in [-0.3, -0.25) is 4.79 Å². The standard InChI is InChI=1S/C19H20ClNO4/c1-12-8-13(2)10-16(9-12)21-18(22)11-24-19(23)14(3)25-17-6-4-15(20)5-7-17/h4-10,14H,11H2,1-3H3,(H,21,22)/t14-/m0/s1. The van der Waals surface area contributed by atoms with Crippen LogP contribution in [0.4, 0.5) is 5.69 Å². The normalized spacial score (nSPS) is 11.5. The number of halogens is 1. The van der Waals surface area contributed by atoms with Crippen molar-refractivity contribution in [2.24, 2.45) is 0 Å². The Hall–Kier alpha value is -2.53. The van der Waals surface area contributed by atoms with Gasteiger partial charge in [0.15, 0.2) is 12.7 Å². The van der Waals surface area contributed by atoms with E-state index in [2.05, 4.69) is 5.32 Å². The second kappa shape index (κ2) is 8.53. The molecule has 0 spiro atoms. The maximum atomic E-state index is 11.9. The van der Waals surface area contributed by atoms with E-state index < -0.39 is 18.0 Å². The summed E-state index contributed by atoms with van der Waals surface area (Å²) in [6, 6.07) is 12.3. The molecule has 1 N–H and O–H groups in total. The van der Waals surface area contributed by atoms with Gasteiger partial charge in [0, 0.05) is 10.7 Å². The zero-order valence-corrected chi connectivity index (χ0v) is 15.1. The Labute approximate surface area is 151 Å². The highest BCUT2D eigenvalue weighted by Crippen LogP contribution is 2.17. The van der Waals surface area contributed by atoms with Crippen molar-refractivity contribution in [2.75, 3.05) is 11.9 Å². The first-order valence-electron chi connectivity index (χ1n) is 7.80. The first-order valence-corrected chi connectivity index (χ1v) is 8.18. The molecule has 0 aliphatic rings. The summed E-state index contributed by atoms with van der Waals surface area (Å²) in [4.78, 5) is 23.8. The van der Waals surface area contributed by atoms with Crippen molar-refractivity contribution in [3.05, 3.63) is 58.6 Å². The van der Waals surface area contributed by atoms with Crippen LogP contribution in [0.3, 0.4) is 0 Å². The van der Waals surface area contributed by atoms with Gasteiger partial charge in [0.2, 0.25) is 0 Å². The minimum Gasteiger partial charge on any atom is -0.479 e. The highest BCUT2D eigenvalue weighted by atomic mass is 35.5. The Morgan fingerprint density at radius 1 is 1.08 bits per heavy atom. The van der Waals surface area contributed by atoms with E-state index in [1.165, 1.54) is 0 Å². The summed E-state index contributed by atoms with van der Waals surface area (Å²) < 4.78 is 10.4. The van der Waals surface area contributed by atoms with Crippen LogP contribution in [-0.2, 0) is 14.3 Å². The number of aryl methyl sites for hydroxylation is 2. The summed E-state index contributed by atoms with van der Waals surface area (Å²) in [6.45, 7) is 5.07. The van der Waals surface area contributed by atoms with Gasteiger partial charge in [0.05, 0.1) is 0 Å². The second-order valence-corrected chi connectivity index (χ2v) is 6.18. The molecular formula is C19H20ClNO4. The minimum atomic E-state index is -0.838. The lowest BCUT2D eigenvalue weighted by atomic mass is 10.1. The molecule has 0 saturated carbocycles. The SMILES string of the molecule is Cc1cc(C)cc(NC(=O)COC(=O)[C@H](C)Oc2ccc(Cl)cc2)c1. The van der Waals surface area contributed by atoms with Gasteiger partial charge in [-0.05, 0) is 68.3 Å².